The maximum absolute atomic E-state index is 12.6. The van der Waals surface area contributed by atoms with Gasteiger partial charge in [-0.05, 0) is 48.2 Å². The minimum atomic E-state index is -0.505. The topological polar surface area (TPSA) is 150 Å². The lowest BCUT2D eigenvalue weighted by Crippen LogP contribution is -2.41. The zero-order valence-electron chi connectivity index (χ0n) is 22.7. The molecule has 1 aliphatic heterocycles. The molecule has 0 spiro atoms. The van der Waals surface area contributed by atoms with Crippen molar-refractivity contribution < 1.29 is 4.79 Å². The number of anilines is 1. The molecule has 9 heteroatoms. The van der Waals surface area contributed by atoms with Crippen molar-refractivity contribution in [1.82, 2.24) is 14.5 Å². The first-order valence-corrected chi connectivity index (χ1v) is 13.4. The van der Waals surface area contributed by atoms with Crippen LogP contribution in [0.3, 0.4) is 0 Å². The maximum atomic E-state index is 12.6. The summed E-state index contributed by atoms with van der Waals surface area (Å²) in [5.41, 5.74) is 16.2. The number of amides is 1. The van der Waals surface area contributed by atoms with Crippen LogP contribution in [0.1, 0.15) is 66.8 Å². The Labute approximate surface area is 228 Å². The Morgan fingerprint density at radius 1 is 1.05 bits per heavy atom. The largest absolute Gasteiger partial charge is 0.384 e. The van der Waals surface area contributed by atoms with E-state index in [0.29, 0.717) is 29.0 Å². The number of hydrogen-bond donors (Lipinski definition) is 5. The van der Waals surface area contributed by atoms with E-state index in [9.17, 15) is 4.79 Å². The van der Waals surface area contributed by atoms with E-state index in [1.54, 1.807) is 0 Å². The van der Waals surface area contributed by atoms with Gasteiger partial charge in [0.1, 0.15) is 17.2 Å². The van der Waals surface area contributed by atoms with E-state index < -0.39 is 5.91 Å². The lowest BCUT2D eigenvalue weighted by molar-refractivity contribution is 0.100. The number of nitrogens with one attached hydrogen (secondary N) is 3. The molecule has 0 atom stereocenters. The average molecular weight is 525 g/mol. The molecular weight excluding hydrogens is 488 g/mol. The van der Waals surface area contributed by atoms with Crippen molar-refractivity contribution in [2.75, 3.05) is 18.4 Å². The smallest absolute Gasteiger partial charge is 0.251 e. The molecule has 1 amide bonds. The van der Waals surface area contributed by atoms with Gasteiger partial charge in [0, 0.05) is 42.8 Å². The van der Waals surface area contributed by atoms with Crippen LogP contribution in [0.15, 0.2) is 48.5 Å². The zero-order chi connectivity index (χ0) is 27.8. The molecule has 9 nitrogen and oxygen atoms in total. The van der Waals surface area contributed by atoms with Crippen molar-refractivity contribution in [1.29, 1.82) is 10.8 Å². The van der Waals surface area contributed by atoms with Gasteiger partial charge in [-0.3, -0.25) is 15.6 Å². The second-order valence-corrected chi connectivity index (χ2v) is 10.7. The van der Waals surface area contributed by atoms with Crippen molar-refractivity contribution in [2.24, 2.45) is 11.5 Å². The number of piperidine rings is 1. The highest BCUT2D eigenvalue weighted by Crippen LogP contribution is 2.31. The van der Waals surface area contributed by atoms with Gasteiger partial charge in [0.25, 0.3) is 5.91 Å². The predicted octanol–water partition coefficient (Wildman–Crippen LogP) is 4.62. The first-order chi connectivity index (χ1) is 18.6. The van der Waals surface area contributed by atoms with Crippen molar-refractivity contribution >= 4 is 45.1 Å². The molecular formula is C30H36N8O. The summed E-state index contributed by atoms with van der Waals surface area (Å²) in [6.45, 7) is 8.22. The van der Waals surface area contributed by atoms with Gasteiger partial charge in [0.05, 0.1) is 16.9 Å². The molecule has 1 saturated heterocycles. The second-order valence-electron chi connectivity index (χ2n) is 10.7. The molecule has 3 aromatic carbocycles. The number of carbonyl (C=O) groups excluding carboxylic acids is 1. The number of nitrogens with zero attached hydrogens (tertiary/aromatic N) is 3. The van der Waals surface area contributed by atoms with E-state index in [1.807, 2.05) is 43.3 Å². The highest BCUT2D eigenvalue weighted by atomic mass is 16.1. The maximum Gasteiger partial charge on any atom is 0.251 e. The van der Waals surface area contributed by atoms with Gasteiger partial charge in [0.15, 0.2) is 0 Å². The van der Waals surface area contributed by atoms with E-state index >= 15 is 0 Å². The molecule has 1 aliphatic rings. The number of primary amides is 1. The van der Waals surface area contributed by atoms with Crippen LogP contribution in [0.4, 0.5) is 5.69 Å². The number of rotatable bonds is 7. The number of benzene rings is 3. The summed E-state index contributed by atoms with van der Waals surface area (Å²) in [5, 5.41) is 21.5. The number of hydrogen-bond acceptors (Lipinski definition) is 5. The Morgan fingerprint density at radius 2 is 1.74 bits per heavy atom. The average Bonchev–Trinajstić information content (AvgIpc) is 3.27. The zero-order valence-corrected chi connectivity index (χ0v) is 22.7. The van der Waals surface area contributed by atoms with Gasteiger partial charge in [-0.25, -0.2) is 4.98 Å². The molecule has 0 aliphatic carbocycles. The third-order valence-corrected chi connectivity index (χ3v) is 7.64. The highest BCUT2D eigenvalue weighted by molar-refractivity contribution is 6.08. The fraction of sp³-hybridized carbons (Fsp3) is 0.333. The summed E-state index contributed by atoms with van der Waals surface area (Å²) < 4.78 is 2.17. The minimum absolute atomic E-state index is 0.0390. The van der Waals surface area contributed by atoms with E-state index in [-0.39, 0.29) is 17.8 Å². The molecule has 0 unspecified atom stereocenters. The monoisotopic (exact) mass is 524 g/mol. The number of likely N-dealkylation sites (tertiary alicyclic amines) is 1. The van der Waals surface area contributed by atoms with Crippen LogP contribution in [0, 0.1) is 10.8 Å². The van der Waals surface area contributed by atoms with Crippen LogP contribution < -0.4 is 16.8 Å². The quantitative estimate of drug-likeness (QED) is 0.177. The van der Waals surface area contributed by atoms with Gasteiger partial charge in [-0.15, -0.1) is 0 Å². The molecule has 39 heavy (non-hydrogen) atoms. The van der Waals surface area contributed by atoms with Crippen LogP contribution in [0.5, 0.6) is 0 Å². The molecule has 4 aromatic rings. The Morgan fingerprint density at radius 3 is 2.36 bits per heavy atom. The van der Waals surface area contributed by atoms with Gasteiger partial charge in [0.2, 0.25) is 0 Å². The predicted molar refractivity (Wildman–Crippen MR) is 158 cm³/mol. The molecule has 7 N–H and O–H groups in total. The lowest BCUT2D eigenvalue weighted by Gasteiger charge is -2.33. The Balaban J connectivity index is 1.59. The Kier molecular flexibility index (Phi) is 6.99. The standard InChI is InChI=1S/C30H36N8O/c1-17(2)30-36-27-25(29(34)39)14-21(35-20-10-12-37(13-11-20)18(3)31)15-26(27)38(30)16-19-8-9-24(28(32)33)23-7-5-4-6-22(19)23/h4-9,14-15,17,20,31,35H,10-13,16H2,1-3H3,(H3,32,33)(H2,34,39). The van der Waals surface area contributed by atoms with Crippen molar-refractivity contribution in [2.45, 2.75) is 52.1 Å². The third kappa shape index (κ3) is 5.04. The first kappa shape index (κ1) is 26.2. The number of carbonyl (C=O) groups is 1. The molecule has 0 saturated carbocycles. The SMILES string of the molecule is CC(=N)N1CCC(Nc2cc(C(N)=O)c3nc(C(C)C)n(Cc4ccc(C(=N)N)c5ccccc45)c3c2)CC1. The molecule has 0 radical (unpaired) electrons. The number of nitrogens with two attached hydrogens (primary N) is 2. The van der Waals surface area contributed by atoms with Gasteiger partial charge < -0.3 is 26.3 Å². The normalized spacial score (nSPS) is 14.3. The van der Waals surface area contributed by atoms with Crippen molar-refractivity contribution in [3.63, 3.8) is 0 Å². The minimum Gasteiger partial charge on any atom is -0.384 e. The van der Waals surface area contributed by atoms with Gasteiger partial charge in [-0.2, -0.15) is 0 Å². The van der Waals surface area contributed by atoms with Crippen molar-refractivity contribution in [3.8, 4) is 0 Å². The number of fused-ring (bicyclic) bond motifs is 2. The van der Waals surface area contributed by atoms with Crippen LogP contribution in [0.2, 0.25) is 0 Å². The third-order valence-electron chi connectivity index (χ3n) is 7.64. The van der Waals surface area contributed by atoms with E-state index in [0.717, 1.165) is 59.3 Å². The molecule has 5 rings (SSSR count). The first-order valence-electron chi connectivity index (χ1n) is 13.4. The van der Waals surface area contributed by atoms with Crippen molar-refractivity contribution in [3.05, 3.63) is 71.0 Å². The summed E-state index contributed by atoms with van der Waals surface area (Å²) in [7, 11) is 0. The Bertz CT molecular complexity index is 1590. The van der Waals surface area contributed by atoms with E-state index in [2.05, 4.69) is 40.8 Å². The van der Waals surface area contributed by atoms with Crippen LogP contribution in [-0.2, 0) is 6.54 Å². The highest BCUT2D eigenvalue weighted by Gasteiger charge is 2.23. The van der Waals surface area contributed by atoms with E-state index in [1.165, 1.54) is 0 Å². The molecule has 0 bridgehead atoms. The second kappa shape index (κ2) is 10.4. The fourth-order valence-electron chi connectivity index (χ4n) is 5.62. The van der Waals surface area contributed by atoms with Gasteiger partial charge >= 0.3 is 0 Å². The molecule has 1 aromatic heterocycles. The lowest BCUT2D eigenvalue weighted by atomic mass is 9.98. The van der Waals surface area contributed by atoms with E-state index in [4.69, 9.17) is 27.3 Å². The van der Waals surface area contributed by atoms with Crippen LogP contribution in [0.25, 0.3) is 21.8 Å². The fourth-order valence-corrected chi connectivity index (χ4v) is 5.62. The molecule has 2 heterocycles. The van der Waals surface area contributed by atoms with Crippen LogP contribution >= 0.6 is 0 Å². The summed E-state index contributed by atoms with van der Waals surface area (Å²) >= 11 is 0. The number of amidine groups is 2. The number of imidazole rings is 1. The Hall–Kier alpha value is -4.40. The number of aromatic nitrogens is 2. The molecule has 1 fully saturated rings. The van der Waals surface area contributed by atoms with Gasteiger partial charge in [-0.1, -0.05) is 50.2 Å². The summed E-state index contributed by atoms with van der Waals surface area (Å²) in [6.07, 6.45) is 1.82. The summed E-state index contributed by atoms with van der Waals surface area (Å²) in [4.78, 5) is 19.6. The van der Waals surface area contributed by atoms with Crippen LogP contribution in [-0.4, -0.2) is 51.2 Å². The number of nitrogen functional groups attached to an aromatic ring is 1. The molecule has 202 valence electrons. The summed E-state index contributed by atoms with van der Waals surface area (Å²) in [5.74, 6) is 1.12. The summed E-state index contributed by atoms with van der Waals surface area (Å²) in [6, 6.07) is 16.0.